The lowest BCUT2D eigenvalue weighted by Crippen LogP contribution is -2.24. The number of sulfonamides is 1. The number of hydrogen-bond acceptors (Lipinski definition) is 3. The highest BCUT2D eigenvalue weighted by Gasteiger charge is 2.14. The van der Waals surface area contributed by atoms with Gasteiger partial charge in [0.15, 0.2) is 0 Å². The number of aryl methyl sites for hydroxylation is 1. The van der Waals surface area contributed by atoms with E-state index in [9.17, 15) is 8.42 Å². The first-order valence-electron chi connectivity index (χ1n) is 5.63. The van der Waals surface area contributed by atoms with Crippen LogP contribution in [0.5, 0.6) is 0 Å². The third-order valence-corrected chi connectivity index (χ3v) is 4.17. The smallest absolute Gasteiger partial charge is 0.240 e. The molecule has 0 spiro atoms. The molecule has 0 unspecified atom stereocenters. The minimum Gasteiger partial charge on any atom is -0.353 e. The number of nitrogens with one attached hydrogen (secondary N) is 1. The van der Waals surface area contributed by atoms with Crippen LogP contribution in [0.25, 0.3) is 0 Å². The largest absolute Gasteiger partial charge is 0.353 e. The van der Waals surface area contributed by atoms with E-state index in [1.807, 2.05) is 36.0 Å². The molecule has 0 atom stereocenters. The van der Waals surface area contributed by atoms with E-state index >= 15 is 0 Å². The average molecular weight is 275 g/mol. The molecule has 0 fully saturated rings. The van der Waals surface area contributed by atoms with E-state index in [2.05, 4.69) is 4.72 Å². The molecule has 1 aromatic carbocycles. The second-order valence-corrected chi connectivity index (χ2v) is 5.84. The Morgan fingerprint density at radius 2 is 2.11 bits per heavy atom. The van der Waals surface area contributed by atoms with Gasteiger partial charge in [0.25, 0.3) is 0 Å². The van der Waals surface area contributed by atoms with Gasteiger partial charge < -0.3 is 4.57 Å². The van der Waals surface area contributed by atoms with Crippen LogP contribution in [0.2, 0.25) is 0 Å². The molecule has 0 amide bonds. The van der Waals surface area contributed by atoms with Crippen LogP contribution in [0, 0.1) is 11.3 Å². The summed E-state index contributed by atoms with van der Waals surface area (Å²) in [7, 11) is -1.75. The highest BCUT2D eigenvalue weighted by molar-refractivity contribution is 7.89. The second-order valence-electron chi connectivity index (χ2n) is 4.07. The van der Waals surface area contributed by atoms with Gasteiger partial charge in [0.05, 0.1) is 23.1 Å². The second kappa shape index (κ2) is 5.26. The summed E-state index contributed by atoms with van der Waals surface area (Å²) in [4.78, 5) is 0.0979. The summed E-state index contributed by atoms with van der Waals surface area (Å²) in [5.41, 5.74) is 1.18. The molecule has 0 radical (unpaired) electrons. The first-order valence-corrected chi connectivity index (χ1v) is 7.11. The molecular weight excluding hydrogens is 262 g/mol. The summed E-state index contributed by atoms with van der Waals surface area (Å²) >= 11 is 0. The van der Waals surface area contributed by atoms with E-state index in [1.54, 1.807) is 12.1 Å². The molecule has 98 valence electrons. The molecule has 1 aromatic heterocycles. The molecule has 1 heterocycles. The molecule has 0 aliphatic carbocycles. The Morgan fingerprint density at radius 3 is 2.74 bits per heavy atom. The van der Waals surface area contributed by atoms with Gasteiger partial charge in [-0.15, -0.1) is 0 Å². The van der Waals surface area contributed by atoms with Gasteiger partial charge in [-0.05, 0) is 30.3 Å². The number of rotatable bonds is 4. The summed E-state index contributed by atoms with van der Waals surface area (Å²) < 4.78 is 28.5. The minimum absolute atomic E-state index is 0.0979. The SMILES string of the molecule is Cn1cccc1CNS(=O)(=O)c1cccc(C#N)c1. The highest BCUT2D eigenvalue weighted by Crippen LogP contribution is 2.11. The molecule has 1 N–H and O–H groups in total. The summed E-state index contributed by atoms with van der Waals surface area (Å²) in [5.74, 6) is 0. The average Bonchev–Trinajstić information content (AvgIpc) is 2.82. The Morgan fingerprint density at radius 1 is 1.32 bits per heavy atom. The maximum Gasteiger partial charge on any atom is 0.240 e. The van der Waals surface area contributed by atoms with Crippen molar-refractivity contribution >= 4 is 10.0 Å². The van der Waals surface area contributed by atoms with Crippen LogP contribution in [-0.2, 0) is 23.6 Å². The van der Waals surface area contributed by atoms with Crippen molar-refractivity contribution in [2.24, 2.45) is 7.05 Å². The fraction of sp³-hybridized carbons (Fsp3) is 0.154. The van der Waals surface area contributed by atoms with E-state index in [0.717, 1.165) is 5.69 Å². The van der Waals surface area contributed by atoms with Gasteiger partial charge in [-0.2, -0.15) is 5.26 Å². The lowest BCUT2D eigenvalue weighted by molar-refractivity contribution is 0.579. The van der Waals surface area contributed by atoms with Crippen molar-refractivity contribution in [1.29, 1.82) is 5.26 Å². The van der Waals surface area contributed by atoms with Crippen molar-refractivity contribution in [3.63, 3.8) is 0 Å². The van der Waals surface area contributed by atoms with Crippen LogP contribution in [0.4, 0.5) is 0 Å². The molecule has 2 aromatic rings. The van der Waals surface area contributed by atoms with Crippen LogP contribution in [0.15, 0.2) is 47.5 Å². The Hall–Kier alpha value is -2.10. The molecule has 19 heavy (non-hydrogen) atoms. The monoisotopic (exact) mass is 275 g/mol. The lowest BCUT2D eigenvalue weighted by atomic mass is 10.2. The Bertz CT molecular complexity index is 726. The van der Waals surface area contributed by atoms with E-state index in [0.29, 0.717) is 5.56 Å². The maximum atomic E-state index is 12.1. The summed E-state index contributed by atoms with van der Waals surface area (Å²) in [6, 6.07) is 11.5. The van der Waals surface area contributed by atoms with Crippen molar-refractivity contribution in [2.75, 3.05) is 0 Å². The van der Waals surface area contributed by atoms with Crippen molar-refractivity contribution in [1.82, 2.24) is 9.29 Å². The quantitative estimate of drug-likeness (QED) is 0.915. The first kappa shape index (κ1) is 13.3. The van der Waals surface area contributed by atoms with Gasteiger partial charge in [-0.3, -0.25) is 0 Å². The lowest BCUT2D eigenvalue weighted by Gasteiger charge is -2.07. The Labute approximate surface area is 112 Å². The van der Waals surface area contributed by atoms with Crippen LogP contribution >= 0.6 is 0 Å². The number of nitriles is 1. The van der Waals surface area contributed by atoms with Crippen LogP contribution < -0.4 is 4.72 Å². The normalized spacial score (nSPS) is 11.2. The Kier molecular flexibility index (Phi) is 3.69. The van der Waals surface area contributed by atoms with E-state index < -0.39 is 10.0 Å². The van der Waals surface area contributed by atoms with Gasteiger partial charge in [-0.25, -0.2) is 13.1 Å². The van der Waals surface area contributed by atoms with Crippen LogP contribution in [-0.4, -0.2) is 13.0 Å². The van der Waals surface area contributed by atoms with E-state index in [1.165, 1.54) is 12.1 Å². The fourth-order valence-electron chi connectivity index (χ4n) is 1.67. The molecule has 0 saturated heterocycles. The van der Waals surface area contributed by atoms with Crippen molar-refractivity contribution in [2.45, 2.75) is 11.4 Å². The number of aromatic nitrogens is 1. The van der Waals surface area contributed by atoms with Crippen molar-refractivity contribution < 1.29 is 8.42 Å². The number of hydrogen-bond donors (Lipinski definition) is 1. The van der Waals surface area contributed by atoms with Gasteiger partial charge >= 0.3 is 0 Å². The van der Waals surface area contributed by atoms with E-state index in [4.69, 9.17) is 5.26 Å². The fourth-order valence-corrected chi connectivity index (χ4v) is 2.71. The van der Waals surface area contributed by atoms with Gasteiger partial charge in [0, 0.05) is 18.9 Å². The van der Waals surface area contributed by atoms with Crippen LogP contribution in [0.3, 0.4) is 0 Å². The highest BCUT2D eigenvalue weighted by atomic mass is 32.2. The third-order valence-electron chi connectivity index (χ3n) is 2.77. The Balaban J connectivity index is 2.19. The van der Waals surface area contributed by atoms with Gasteiger partial charge in [-0.1, -0.05) is 6.07 Å². The van der Waals surface area contributed by atoms with Gasteiger partial charge in [0.2, 0.25) is 10.0 Å². The summed E-state index contributed by atoms with van der Waals surface area (Å²) in [6.07, 6.45) is 1.85. The van der Waals surface area contributed by atoms with Crippen LogP contribution in [0.1, 0.15) is 11.3 Å². The van der Waals surface area contributed by atoms with Crippen molar-refractivity contribution in [3.8, 4) is 6.07 Å². The number of benzene rings is 1. The molecule has 0 saturated carbocycles. The molecule has 0 bridgehead atoms. The van der Waals surface area contributed by atoms with Gasteiger partial charge in [0.1, 0.15) is 0 Å². The van der Waals surface area contributed by atoms with Crippen molar-refractivity contribution in [3.05, 3.63) is 53.9 Å². The summed E-state index contributed by atoms with van der Waals surface area (Å²) in [6.45, 7) is 0.211. The molecule has 2 rings (SSSR count). The minimum atomic E-state index is -3.60. The molecule has 6 heteroatoms. The maximum absolute atomic E-state index is 12.1. The summed E-state index contributed by atoms with van der Waals surface area (Å²) in [5, 5.41) is 8.78. The first-order chi connectivity index (χ1) is 9.03. The molecule has 0 aliphatic heterocycles. The molecule has 5 nitrogen and oxygen atoms in total. The topological polar surface area (TPSA) is 74.9 Å². The predicted molar refractivity (Wildman–Crippen MR) is 70.6 cm³/mol. The number of nitrogens with zero attached hydrogens (tertiary/aromatic N) is 2. The zero-order valence-electron chi connectivity index (χ0n) is 10.4. The molecule has 0 aliphatic rings. The molecular formula is C13H13N3O2S. The standard InChI is InChI=1S/C13H13N3O2S/c1-16-7-3-5-12(16)10-15-19(17,18)13-6-2-4-11(8-13)9-14/h2-8,15H,10H2,1H3. The van der Waals surface area contributed by atoms with E-state index in [-0.39, 0.29) is 11.4 Å². The zero-order chi connectivity index (χ0) is 13.9. The zero-order valence-corrected chi connectivity index (χ0v) is 11.2. The predicted octanol–water partition coefficient (Wildman–Crippen LogP) is 1.38. The third kappa shape index (κ3) is 3.02.